The molecule has 0 fully saturated rings. The van der Waals surface area contributed by atoms with Crippen LogP contribution >= 0.6 is 11.6 Å². The van der Waals surface area contributed by atoms with Gasteiger partial charge in [0.1, 0.15) is 0 Å². The highest BCUT2D eigenvalue weighted by atomic mass is 35.5. The molecule has 1 unspecified atom stereocenters. The van der Waals surface area contributed by atoms with Crippen LogP contribution in [0.15, 0.2) is 54.7 Å². The highest BCUT2D eigenvalue weighted by Gasteiger charge is 2.15. The van der Waals surface area contributed by atoms with Crippen molar-refractivity contribution in [3.63, 3.8) is 0 Å². The van der Waals surface area contributed by atoms with E-state index in [-0.39, 0.29) is 6.04 Å². The standard InChI is InChI=1S/C18H17ClN2/c1-12-11-13(8-9-16(12)19)18(20-2)15-5-3-7-17-14(15)6-4-10-21-17/h3-11,18,20H,1-2H3. The van der Waals surface area contributed by atoms with Crippen LogP contribution < -0.4 is 5.32 Å². The van der Waals surface area contributed by atoms with Crippen molar-refractivity contribution < 1.29 is 0 Å². The van der Waals surface area contributed by atoms with Crippen molar-refractivity contribution in [2.24, 2.45) is 0 Å². The van der Waals surface area contributed by atoms with Crippen molar-refractivity contribution in [3.8, 4) is 0 Å². The van der Waals surface area contributed by atoms with Crippen molar-refractivity contribution in [2.45, 2.75) is 13.0 Å². The van der Waals surface area contributed by atoms with Crippen LogP contribution in [0, 0.1) is 6.92 Å². The Hall–Kier alpha value is -1.90. The molecule has 0 saturated carbocycles. The molecule has 3 heteroatoms. The molecule has 1 heterocycles. The number of pyridine rings is 1. The number of aromatic nitrogens is 1. The van der Waals surface area contributed by atoms with Crippen LogP contribution in [-0.2, 0) is 0 Å². The van der Waals surface area contributed by atoms with Gasteiger partial charge in [-0.3, -0.25) is 4.98 Å². The van der Waals surface area contributed by atoms with Gasteiger partial charge >= 0.3 is 0 Å². The number of fused-ring (bicyclic) bond motifs is 1. The summed E-state index contributed by atoms with van der Waals surface area (Å²) in [4.78, 5) is 4.44. The molecule has 2 nitrogen and oxygen atoms in total. The predicted octanol–water partition coefficient (Wildman–Crippen LogP) is 4.51. The lowest BCUT2D eigenvalue weighted by atomic mass is 9.94. The third-order valence-corrected chi connectivity index (χ3v) is 4.22. The molecule has 106 valence electrons. The Morgan fingerprint density at radius 3 is 2.71 bits per heavy atom. The van der Waals surface area contributed by atoms with E-state index in [9.17, 15) is 0 Å². The molecule has 0 amide bonds. The molecule has 0 spiro atoms. The number of hydrogen-bond acceptors (Lipinski definition) is 2. The average Bonchev–Trinajstić information content (AvgIpc) is 2.52. The lowest BCUT2D eigenvalue weighted by Gasteiger charge is -2.20. The largest absolute Gasteiger partial charge is 0.309 e. The Morgan fingerprint density at radius 1 is 1.10 bits per heavy atom. The van der Waals surface area contributed by atoms with Gasteiger partial charge in [0.15, 0.2) is 0 Å². The summed E-state index contributed by atoms with van der Waals surface area (Å²) in [6.45, 7) is 2.03. The summed E-state index contributed by atoms with van der Waals surface area (Å²) in [6.07, 6.45) is 1.83. The molecule has 1 atom stereocenters. The number of nitrogens with one attached hydrogen (secondary N) is 1. The Labute approximate surface area is 129 Å². The first kappa shape index (κ1) is 14.1. The molecular formula is C18H17ClN2. The van der Waals surface area contributed by atoms with Gasteiger partial charge in [-0.25, -0.2) is 0 Å². The van der Waals surface area contributed by atoms with Crippen LogP contribution in [0.1, 0.15) is 22.7 Å². The number of hydrogen-bond donors (Lipinski definition) is 1. The van der Waals surface area contributed by atoms with Crippen LogP contribution in [0.3, 0.4) is 0 Å². The second-order valence-electron chi connectivity index (χ2n) is 5.15. The third-order valence-electron chi connectivity index (χ3n) is 3.79. The minimum Gasteiger partial charge on any atom is -0.309 e. The van der Waals surface area contributed by atoms with Crippen LogP contribution in [0.5, 0.6) is 0 Å². The second kappa shape index (κ2) is 5.84. The van der Waals surface area contributed by atoms with Crippen LogP contribution in [0.2, 0.25) is 5.02 Å². The summed E-state index contributed by atoms with van der Waals surface area (Å²) in [6, 6.07) is 16.6. The average molecular weight is 297 g/mol. The summed E-state index contributed by atoms with van der Waals surface area (Å²) in [5, 5.41) is 5.37. The first-order chi connectivity index (χ1) is 10.2. The lowest BCUT2D eigenvalue weighted by Crippen LogP contribution is -2.18. The maximum atomic E-state index is 6.14. The van der Waals surface area contributed by atoms with Crippen molar-refractivity contribution >= 4 is 22.5 Å². The monoisotopic (exact) mass is 296 g/mol. The van der Waals surface area contributed by atoms with Crippen molar-refractivity contribution in [1.82, 2.24) is 10.3 Å². The summed E-state index contributed by atoms with van der Waals surface area (Å²) >= 11 is 6.14. The van der Waals surface area contributed by atoms with Gasteiger partial charge in [-0.15, -0.1) is 0 Å². The summed E-state index contributed by atoms with van der Waals surface area (Å²) in [5.74, 6) is 0. The van der Waals surface area contributed by atoms with Gasteiger partial charge in [-0.1, -0.05) is 41.9 Å². The van der Waals surface area contributed by atoms with Gasteiger partial charge in [0.2, 0.25) is 0 Å². The van der Waals surface area contributed by atoms with E-state index in [0.717, 1.165) is 16.1 Å². The molecule has 0 radical (unpaired) electrons. The van der Waals surface area contributed by atoms with Gasteiger partial charge < -0.3 is 5.32 Å². The number of rotatable bonds is 3. The number of halogens is 1. The summed E-state index contributed by atoms with van der Waals surface area (Å²) in [7, 11) is 1.98. The van der Waals surface area contributed by atoms with E-state index in [2.05, 4.69) is 40.6 Å². The van der Waals surface area contributed by atoms with Crippen molar-refractivity contribution in [1.29, 1.82) is 0 Å². The zero-order valence-electron chi connectivity index (χ0n) is 12.1. The second-order valence-corrected chi connectivity index (χ2v) is 5.55. The molecule has 0 bridgehead atoms. The van der Waals surface area contributed by atoms with Gasteiger partial charge in [-0.2, -0.15) is 0 Å². The van der Waals surface area contributed by atoms with Crippen molar-refractivity contribution in [3.05, 3.63) is 76.4 Å². The lowest BCUT2D eigenvalue weighted by molar-refractivity contribution is 0.696. The molecule has 3 rings (SSSR count). The highest BCUT2D eigenvalue weighted by Crippen LogP contribution is 2.29. The van der Waals surface area contributed by atoms with E-state index >= 15 is 0 Å². The van der Waals surface area contributed by atoms with E-state index in [0.29, 0.717) is 0 Å². The zero-order chi connectivity index (χ0) is 14.8. The maximum absolute atomic E-state index is 6.14. The molecule has 1 aromatic heterocycles. The zero-order valence-corrected chi connectivity index (χ0v) is 12.9. The fourth-order valence-corrected chi connectivity index (χ4v) is 2.85. The quantitative estimate of drug-likeness (QED) is 0.769. The first-order valence-electron chi connectivity index (χ1n) is 6.97. The summed E-state index contributed by atoms with van der Waals surface area (Å²) in [5.41, 5.74) is 4.54. The third kappa shape index (κ3) is 2.65. The summed E-state index contributed by atoms with van der Waals surface area (Å²) < 4.78 is 0. The minimum absolute atomic E-state index is 0.119. The van der Waals surface area contributed by atoms with Gasteiger partial charge in [-0.05, 0) is 48.9 Å². The van der Waals surface area contributed by atoms with Crippen LogP contribution in [0.25, 0.3) is 10.9 Å². The molecular weight excluding hydrogens is 280 g/mol. The fraction of sp³-hybridized carbons (Fsp3) is 0.167. The molecule has 2 aromatic carbocycles. The van der Waals surface area contributed by atoms with Crippen LogP contribution in [0.4, 0.5) is 0 Å². The Morgan fingerprint density at radius 2 is 1.95 bits per heavy atom. The molecule has 0 aliphatic heterocycles. The maximum Gasteiger partial charge on any atom is 0.0705 e. The molecule has 0 saturated heterocycles. The Kier molecular flexibility index (Phi) is 3.91. The van der Waals surface area contributed by atoms with E-state index in [1.54, 1.807) is 0 Å². The predicted molar refractivity (Wildman–Crippen MR) is 88.8 cm³/mol. The molecule has 1 N–H and O–H groups in total. The first-order valence-corrected chi connectivity index (χ1v) is 7.35. The van der Waals surface area contributed by atoms with E-state index in [1.807, 2.05) is 38.4 Å². The molecule has 21 heavy (non-hydrogen) atoms. The number of nitrogens with zero attached hydrogens (tertiary/aromatic N) is 1. The fourth-order valence-electron chi connectivity index (χ4n) is 2.73. The number of aryl methyl sites for hydroxylation is 1. The van der Waals surface area contributed by atoms with E-state index in [1.165, 1.54) is 16.5 Å². The van der Waals surface area contributed by atoms with Gasteiger partial charge in [0.05, 0.1) is 11.6 Å². The SMILES string of the molecule is CNC(c1ccc(Cl)c(C)c1)c1cccc2ncccc12. The Balaban J connectivity index is 2.16. The molecule has 0 aliphatic rings. The molecule has 3 aromatic rings. The van der Waals surface area contributed by atoms with Crippen LogP contribution in [-0.4, -0.2) is 12.0 Å². The minimum atomic E-state index is 0.119. The normalized spacial score (nSPS) is 12.5. The van der Waals surface area contributed by atoms with Crippen molar-refractivity contribution in [2.75, 3.05) is 7.05 Å². The Bertz CT molecular complexity index is 778. The topological polar surface area (TPSA) is 24.9 Å². The highest BCUT2D eigenvalue weighted by molar-refractivity contribution is 6.31. The van der Waals surface area contributed by atoms with Gasteiger partial charge in [0, 0.05) is 16.6 Å². The smallest absolute Gasteiger partial charge is 0.0705 e. The van der Waals surface area contributed by atoms with Gasteiger partial charge in [0.25, 0.3) is 0 Å². The van der Waals surface area contributed by atoms with E-state index < -0.39 is 0 Å². The van der Waals surface area contributed by atoms with E-state index in [4.69, 9.17) is 11.6 Å². The number of benzene rings is 2. The molecule has 0 aliphatic carbocycles.